The fourth-order valence-electron chi connectivity index (χ4n) is 2.11. The summed E-state index contributed by atoms with van der Waals surface area (Å²) in [5.74, 6) is 0. The van der Waals surface area contributed by atoms with E-state index in [-0.39, 0.29) is 0 Å². The van der Waals surface area contributed by atoms with Crippen LogP contribution in [-0.4, -0.2) is 6.04 Å². The van der Waals surface area contributed by atoms with Crippen LogP contribution in [0.3, 0.4) is 0 Å². The molecule has 2 nitrogen and oxygen atoms in total. The zero-order valence-electron chi connectivity index (χ0n) is 8.80. The minimum Gasteiger partial charge on any atom is -0.398 e. The van der Waals surface area contributed by atoms with E-state index in [1.54, 1.807) is 0 Å². The van der Waals surface area contributed by atoms with Gasteiger partial charge in [0, 0.05) is 23.3 Å². The van der Waals surface area contributed by atoms with E-state index in [9.17, 15) is 0 Å². The van der Waals surface area contributed by atoms with Crippen molar-refractivity contribution in [1.82, 2.24) is 5.32 Å². The molecule has 0 spiro atoms. The Labute approximate surface area is 95.8 Å². The Hall–Kier alpha value is -0.730. The summed E-state index contributed by atoms with van der Waals surface area (Å²) in [7, 11) is 0. The highest BCUT2D eigenvalue weighted by molar-refractivity contribution is 6.30. The number of halogens is 1. The molecule has 3 N–H and O–H groups in total. The normalized spacial score (nSPS) is 17.1. The topological polar surface area (TPSA) is 38.0 Å². The Morgan fingerprint density at radius 2 is 2.07 bits per heavy atom. The molecule has 1 aromatic carbocycles. The van der Waals surface area contributed by atoms with E-state index in [0.29, 0.717) is 11.1 Å². The molecule has 0 heterocycles. The second-order valence-corrected chi connectivity index (χ2v) is 4.64. The maximum Gasteiger partial charge on any atom is 0.0426 e. The van der Waals surface area contributed by atoms with Crippen LogP contribution < -0.4 is 11.1 Å². The highest BCUT2D eigenvalue weighted by Gasteiger charge is 2.14. The number of nitrogen functional groups attached to an aromatic ring is 1. The molecule has 0 aliphatic heterocycles. The highest BCUT2D eigenvalue weighted by Crippen LogP contribution is 2.21. The van der Waals surface area contributed by atoms with Crippen molar-refractivity contribution in [2.75, 3.05) is 5.73 Å². The first-order chi connectivity index (χ1) is 7.25. The molecule has 0 atom stereocenters. The zero-order chi connectivity index (χ0) is 10.7. The minimum atomic E-state index is 0.681. The molecule has 1 saturated carbocycles. The van der Waals surface area contributed by atoms with Crippen LogP contribution in [0.4, 0.5) is 5.69 Å². The lowest BCUT2D eigenvalue weighted by Crippen LogP contribution is -2.25. The van der Waals surface area contributed by atoms with E-state index in [4.69, 9.17) is 17.3 Å². The lowest BCUT2D eigenvalue weighted by molar-refractivity contribution is 0.525. The first-order valence-electron chi connectivity index (χ1n) is 5.53. The molecule has 3 heteroatoms. The van der Waals surface area contributed by atoms with Gasteiger partial charge in [0.25, 0.3) is 0 Å². The molecule has 0 saturated heterocycles. The Morgan fingerprint density at radius 3 is 2.73 bits per heavy atom. The molecule has 1 aromatic rings. The average molecular weight is 225 g/mol. The molecule has 82 valence electrons. The Morgan fingerprint density at radius 1 is 1.33 bits per heavy atom. The van der Waals surface area contributed by atoms with Crippen molar-refractivity contribution in [1.29, 1.82) is 0 Å². The number of rotatable bonds is 3. The van der Waals surface area contributed by atoms with E-state index in [2.05, 4.69) is 5.32 Å². The molecule has 0 aromatic heterocycles. The Balaban J connectivity index is 1.92. The third kappa shape index (κ3) is 2.86. The number of nitrogens with two attached hydrogens (primary N) is 1. The maximum atomic E-state index is 5.88. The molecule has 0 unspecified atom stereocenters. The molecule has 0 radical (unpaired) electrons. The van der Waals surface area contributed by atoms with Crippen LogP contribution in [0.15, 0.2) is 18.2 Å². The first-order valence-corrected chi connectivity index (χ1v) is 5.91. The summed E-state index contributed by atoms with van der Waals surface area (Å²) in [4.78, 5) is 0. The fraction of sp³-hybridized carbons (Fsp3) is 0.500. The summed E-state index contributed by atoms with van der Waals surface area (Å²) in [5.41, 5.74) is 7.81. The van der Waals surface area contributed by atoms with Crippen molar-refractivity contribution in [3.63, 3.8) is 0 Å². The fourth-order valence-corrected chi connectivity index (χ4v) is 2.29. The van der Waals surface area contributed by atoms with Crippen molar-refractivity contribution < 1.29 is 0 Å². The van der Waals surface area contributed by atoms with Gasteiger partial charge in [-0.3, -0.25) is 0 Å². The van der Waals surface area contributed by atoms with Crippen molar-refractivity contribution in [3.05, 3.63) is 28.8 Å². The van der Waals surface area contributed by atoms with Gasteiger partial charge in [-0.05, 0) is 30.5 Å². The average Bonchev–Trinajstić information content (AvgIpc) is 2.69. The van der Waals surface area contributed by atoms with Gasteiger partial charge in [-0.1, -0.05) is 30.5 Å². The third-order valence-electron chi connectivity index (χ3n) is 3.04. The largest absolute Gasteiger partial charge is 0.398 e. The summed E-state index contributed by atoms with van der Waals surface area (Å²) in [6.07, 6.45) is 5.31. The Bertz CT molecular complexity index is 332. The standard InChI is InChI=1S/C12H17ClN2/c13-10-6-5-9(12(14)7-10)8-15-11-3-1-2-4-11/h5-7,11,15H,1-4,8,14H2. The Kier molecular flexibility index (Phi) is 3.49. The van der Waals surface area contributed by atoms with Crippen LogP contribution in [0, 0.1) is 0 Å². The van der Waals surface area contributed by atoms with E-state index < -0.39 is 0 Å². The minimum absolute atomic E-state index is 0.681. The zero-order valence-corrected chi connectivity index (χ0v) is 9.56. The molecule has 0 amide bonds. The van der Waals surface area contributed by atoms with Crippen LogP contribution in [-0.2, 0) is 6.54 Å². The lowest BCUT2D eigenvalue weighted by atomic mass is 10.1. The van der Waals surface area contributed by atoms with Crippen LogP contribution in [0.5, 0.6) is 0 Å². The number of nitrogens with one attached hydrogen (secondary N) is 1. The molecule has 1 aliphatic carbocycles. The number of benzene rings is 1. The summed E-state index contributed by atoms with van der Waals surface area (Å²) in [5, 5.41) is 4.24. The predicted molar refractivity (Wildman–Crippen MR) is 65.0 cm³/mol. The monoisotopic (exact) mass is 224 g/mol. The van der Waals surface area contributed by atoms with Crippen molar-refractivity contribution in [2.45, 2.75) is 38.3 Å². The van der Waals surface area contributed by atoms with Crippen molar-refractivity contribution >= 4 is 17.3 Å². The van der Waals surface area contributed by atoms with Gasteiger partial charge in [-0.2, -0.15) is 0 Å². The first kappa shape index (κ1) is 10.8. The van der Waals surface area contributed by atoms with Crippen molar-refractivity contribution in [2.24, 2.45) is 0 Å². The quantitative estimate of drug-likeness (QED) is 0.775. The highest BCUT2D eigenvalue weighted by atomic mass is 35.5. The number of hydrogen-bond acceptors (Lipinski definition) is 2. The van der Waals surface area contributed by atoms with Gasteiger partial charge in [-0.15, -0.1) is 0 Å². The third-order valence-corrected chi connectivity index (χ3v) is 3.28. The predicted octanol–water partition coefficient (Wildman–Crippen LogP) is 2.95. The molecule has 1 aliphatic rings. The van der Waals surface area contributed by atoms with Crippen LogP contribution >= 0.6 is 11.6 Å². The van der Waals surface area contributed by atoms with E-state index >= 15 is 0 Å². The van der Waals surface area contributed by atoms with Gasteiger partial charge in [0.15, 0.2) is 0 Å². The second-order valence-electron chi connectivity index (χ2n) is 4.21. The molecular weight excluding hydrogens is 208 g/mol. The van der Waals surface area contributed by atoms with Gasteiger partial charge in [-0.25, -0.2) is 0 Å². The van der Waals surface area contributed by atoms with Crippen LogP contribution in [0.1, 0.15) is 31.2 Å². The maximum absolute atomic E-state index is 5.88. The summed E-state index contributed by atoms with van der Waals surface area (Å²) >= 11 is 5.84. The molecule has 2 rings (SSSR count). The van der Waals surface area contributed by atoms with E-state index in [1.165, 1.54) is 25.7 Å². The van der Waals surface area contributed by atoms with Gasteiger partial charge in [0.05, 0.1) is 0 Å². The molecular formula is C12H17ClN2. The van der Waals surface area contributed by atoms with Crippen LogP contribution in [0.2, 0.25) is 5.02 Å². The van der Waals surface area contributed by atoms with Gasteiger partial charge in [0.2, 0.25) is 0 Å². The number of anilines is 1. The summed E-state index contributed by atoms with van der Waals surface area (Å²) in [6, 6.07) is 6.39. The molecule has 15 heavy (non-hydrogen) atoms. The number of hydrogen-bond donors (Lipinski definition) is 2. The van der Waals surface area contributed by atoms with Gasteiger partial charge < -0.3 is 11.1 Å². The van der Waals surface area contributed by atoms with Crippen LogP contribution in [0.25, 0.3) is 0 Å². The van der Waals surface area contributed by atoms with Gasteiger partial charge in [0.1, 0.15) is 0 Å². The van der Waals surface area contributed by atoms with Crippen molar-refractivity contribution in [3.8, 4) is 0 Å². The van der Waals surface area contributed by atoms with E-state index in [1.807, 2.05) is 18.2 Å². The van der Waals surface area contributed by atoms with E-state index in [0.717, 1.165) is 17.8 Å². The van der Waals surface area contributed by atoms with Gasteiger partial charge >= 0.3 is 0 Å². The second kappa shape index (κ2) is 4.86. The molecule has 1 fully saturated rings. The SMILES string of the molecule is Nc1cc(Cl)ccc1CNC1CCCC1. The lowest BCUT2D eigenvalue weighted by Gasteiger charge is -2.13. The smallest absolute Gasteiger partial charge is 0.0426 e. The summed E-state index contributed by atoms with van der Waals surface area (Å²) in [6.45, 7) is 0.855. The summed E-state index contributed by atoms with van der Waals surface area (Å²) < 4.78 is 0. The molecule has 0 bridgehead atoms.